The van der Waals surface area contributed by atoms with Gasteiger partial charge in [0.15, 0.2) is 0 Å². The van der Waals surface area contributed by atoms with Crippen molar-refractivity contribution in [3.8, 4) is 0 Å². The minimum absolute atomic E-state index is 0.0161. The Kier molecular flexibility index (Phi) is 6.82. The van der Waals surface area contributed by atoms with Crippen LogP contribution < -0.4 is 5.32 Å². The number of rotatable bonds is 6. The van der Waals surface area contributed by atoms with Gasteiger partial charge in [-0.15, -0.1) is 0 Å². The normalized spacial score (nSPS) is 14.5. The highest BCUT2D eigenvalue weighted by molar-refractivity contribution is 5.99. The Morgan fingerprint density at radius 1 is 0.964 bits per heavy atom. The molecule has 1 fully saturated rings. The zero-order valence-electron chi connectivity index (χ0n) is 16.8. The molecule has 1 N–H and O–H groups in total. The van der Waals surface area contributed by atoms with E-state index >= 15 is 0 Å². The Morgan fingerprint density at radius 2 is 1.61 bits per heavy atom. The minimum Gasteiger partial charge on any atom is -0.332 e. The van der Waals surface area contributed by atoms with E-state index in [0.29, 0.717) is 5.56 Å². The fourth-order valence-corrected chi connectivity index (χ4v) is 3.47. The molecule has 5 heteroatoms. The summed E-state index contributed by atoms with van der Waals surface area (Å²) in [6.07, 6.45) is 3.87. The van der Waals surface area contributed by atoms with E-state index in [9.17, 15) is 9.59 Å². The number of likely N-dealkylation sites (N-methyl/N-ethyl adjacent to an activating group) is 1. The van der Waals surface area contributed by atoms with Crippen molar-refractivity contribution in [3.05, 3.63) is 65.2 Å². The van der Waals surface area contributed by atoms with E-state index in [1.54, 1.807) is 7.05 Å². The first-order chi connectivity index (χ1) is 13.5. The van der Waals surface area contributed by atoms with E-state index in [1.165, 1.54) is 29.7 Å². The largest absolute Gasteiger partial charge is 0.332 e. The lowest BCUT2D eigenvalue weighted by Gasteiger charge is -2.26. The van der Waals surface area contributed by atoms with Crippen LogP contribution in [0.5, 0.6) is 0 Å². The van der Waals surface area contributed by atoms with E-state index in [1.807, 2.05) is 55.5 Å². The van der Waals surface area contributed by atoms with Gasteiger partial charge in [0.05, 0.1) is 6.54 Å². The van der Waals surface area contributed by atoms with Crippen molar-refractivity contribution in [1.82, 2.24) is 9.80 Å². The molecule has 1 aliphatic heterocycles. The highest BCUT2D eigenvalue weighted by Crippen LogP contribution is 2.14. The Labute approximate surface area is 167 Å². The van der Waals surface area contributed by atoms with Gasteiger partial charge in [-0.25, -0.2) is 0 Å². The van der Waals surface area contributed by atoms with Gasteiger partial charge in [0.1, 0.15) is 0 Å². The maximum atomic E-state index is 12.6. The molecule has 0 atom stereocenters. The third kappa shape index (κ3) is 5.67. The number of hydrogen-bond acceptors (Lipinski definition) is 3. The maximum absolute atomic E-state index is 12.6. The van der Waals surface area contributed by atoms with Crippen molar-refractivity contribution in [3.63, 3.8) is 0 Å². The molecule has 0 saturated carbocycles. The topological polar surface area (TPSA) is 52.7 Å². The predicted octanol–water partition coefficient (Wildman–Crippen LogP) is 3.69. The monoisotopic (exact) mass is 379 g/mol. The van der Waals surface area contributed by atoms with Crippen LogP contribution in [-0.4, -0.2) is 48.3 Å². The Hall–Kier alpha value is -2.66. The van der Waals surface area contributed by atoms with E-state index in [0.717, 1.165) is 30.9 Å². The van der Waals surface area contributed by atoms with Crippen molar-refractivity contribution in [2.24, 2.45) is 0 Å². The number of carbonyl (C=O) groups is 2. The Morgan fingerprint density at radius 3 is 2.25 bits per heavy atom. The van der Waals surface area contributed by atoms with E-state index in [-0.39, 0.29) is 18.4 Å². The number of hydrogen-bond donors (Lipinski definition) is 1. The van der Waals surface area contributed by atoms with Crippen molar-refractivity contribution >= 4 is 17.5 Å². The van der Waals surface area contributed by atoms with E-state index < -0.39 is 0 Å². The van der Waals surface area contributed by atoms with Crippen molar-refractivity contribution in [1.29, 1.82) is 0 Å². The lowest BCUT2D eigenvalue weighted by atomic mass is 10.1. The average molecular weight is 380 g/mol. The van der Waals surface area contributed by atoms with Crippen molar-refractivity contribution in [2.75, 3.05) is 32.0 Å². The lowest BCUT2D eigenvalue weighted by molar-refractivity contribution is -0.116. The van der Waals surface area contributed by atoms with Crippen molar-refractivity contribution < 1.29 is 9.59 Å². The summed E-state index contributed by atoms with van der Waals surface area (Å²) in [6, 6.07) is 15.3. The summed E-state index contributed by atoms with van der Waals surface area (Å²) < 4.78 is 0. The molecule has 2 aromatic rings. The molecule has 1 saturated heterocycles. The highest BCUT2D eigenvalue weighted by atomic mass is 16.2. The average Bonchev–Trinajstić information content (AvgIpc) is 2.70. The Balaban J connectivity index is 1.52. The second-order valence-electron chi connectivity index (χ2n) is 7.61. The fourth-order valence-electron chi connectivity index (χ4n) is 3.47. The second-order valence-corrected chi connectivity index (χ2v) is 7.61. The number of likely N-dealkylation sites (tertiary alicyclic amines) is 1. The minimum atomic E-state index is -0.207. The lowest BCUT2D eigenvalue weighted by Crippen LogP contribution is -2.35. The van der Waals surface area contributed by atoms with Crippen LogP contribution in [0.3, 0.4) is 0 Å². The van der Waals surface area contributed by atoms with Gasteiger partial charge in [0.25, 0.3) is 5.91 Å². The zero-order valence-corrected chi connectivity index (χ0v) is 16.8. The van der Waals surface area contributed by atoms with Crippen LogP contribution in [-0.2, 0) is 11.3 Å². The quantitative estimate of drug-likeness (QED) is 0.833. The summed E-state index contributed by atoms with van der Waals surface area (Å²) in [4.78, 5) is 28.7. The van der Waals surface area contributed by atoms with Crippen LogP contribution in [0, 0.1) is 6.92 Å². The molecule has 0 aliphatic carbocycles. The fraction of sp³-hybridized carbons (Fsp3) is 0.391. The van der Waals surface area contributed by atoms with Gasteiger partial charge >= 0.3 is 0 Å². The summed E-state index contributed by atoms with van der Waals surface area (Å²) in [5, 5.41) is 2.82. The summed E-state index contributed by atoms with van der Waals surface area (Å²) in [6.45, 7) is 5.25. The number of piperidine rings is 1. The molecule has 1 aliphatic rings. The number of benzene rings is 2. The molecule has 1 heterocycles. The molecule has 148 valence electrons. The molecule has 0 unspecified atom stereocenters. The summed E-state index contributed by atoms with van der Waals surface area (Å²) in [5.74, 6) is -0.356. The van der Waals surface area contributed by atoms with Crippen LogP contribution in [0.2, 0.25) is 0 Å². The number of nitrogens with zero attached hydrogens (tertiary/aromatic N) is 2. The molecule has 0 bridgehead atoms. The van der Waals surface area contributed by atoms with Gasteiger partial charge in [0.2, 0.25) is 5.91 Å². The second kappa shape index (κ2) is 9.51. The van der Waals surface area contributed by atoms with Crippen LogP contribution in [0.4, 0.5) is 5.69 Å². The Bertz CT molecular complexity index is 794. The van der Waals surface area contributed by atoms with Gasteiger partial charge in [-0.3, -0.25) is 14.5 Å². The van der Waals surface area contributed by atoms with E-state index in [4.69, 9.17) is 0 Å². The van der Waals surface area contributed by atoms with Crippen LogP contribution >= 0.6 is 0 Å². The van der Waals surface area contributed by atoms with Crippen molar-refractivity contribution in [2.45, 2.75) is 32.7 Å². The molecule has 0 aromatic heterocycles. The smallest absolute Gasteiger partial charge is 0.254 e. The SMILES string of the molecule is Cc1ccc(NC(=O)CN(C)C(=O)c2ccc(CN3CCCCC3)cc2)cc1. The molecule has 28 heavy (non-hydrogen) atoms. The molecule has 0 spiro atoms. The first-order valence-electron chi connectivity index (χ1n) is 9.94. The highest BCUT2D eigenvalue weighted by Gasteiger charge is 2.16. The van der Waals surface area contributed by atoms with Crippen LogP contribution in [0.15, 0.2) is 48.5 Å². The summed E-state index contributed by atoms with van der Waals surface area (Å²) in [7, 11) is 1.65. The third-order valence-electron chi connectivity index (χ3n) is 5.12. The number of nitrogens with one attached hydrogen (secondary N) is 1. The van der Waals surface area contributed by atoms with Gasteiger partial charge in [-0.2, -0.15) is 0 Å². The van der Waals surface area contributed by atoms with Gasteiger partial charge in [-0.1, -0.05) is 36.2 Å². The van der Waals surface area contributed by atoms with Crippen LogP contribution in [0.25, 0.3) is 0 Å². The molecule has 0 radical (unpaired) electrons. The van der Waals surface area contributed by atoms with E-state index in [2.05, 4.69) is 10.2 Å². The maximum Gasteiger partial charge on any atom is 0.254 e. The zero-order chi connectivity index (χ0) is 19.9. The third-order valence-corrected chi connectivity index (χ3v) is 5.12. The number of amides is 2. The van der Waals surface area contributed by atoms with Gasteiger partial charge < -0.3 is 10.2 Å². The summed E-state index contributed by atoms with van der Waals surface area (Å²) in [5.41, 5.74) is 3.69. The molecule has 3 rings (SSSR count). The predicted molar refractivity (Wildman–Crippen MR) is 112 cm³/mol. The molecular weight excluding hydrogens is 350 g/mol. The van der Waals surface area contributed by atoms with Crippen LogP contribution in [0.1, 0.15) is 40.7 Å². The first kappa shape index (κ1) is 20.1. The molecular formula is C23H29N3O2. The van der Waals surface area contributed by atoms with Gasteiger partial charge in [0, 0.05) is 24.8 Å². The summed E-state index contributed by atoms with van der Waals surface area (Å²) >= 11 is 0. The number of aryl methyl sites for hydroxylation is 1. The molecule has 5 nitrogen and oxygen atoms in total. The van der Waals surface area contributed by atoms with Gasteiger partial charge in [-0.05, 0) is 62.7 Å². The molecule has 2 amide bonds. The first-order valence-corrected chi connectivity index (χ1v) is 9.94. The number of carbonyl (C=O) groups excluding carboxylic acids is 2. The standard InChI is InChI=1S/C23H29N3O2/c1-18-6-12-21(13-7-18)24-22(27)17-25(2)23(28)20-10-8-19(9-11-20)16-26-14-4-3-5-15-26/h6-13H,3-5,14-17H2,1-2H3,(H,24,27). The molecule has 2 aromatic carbocycles. The number of anilines is 1.